The van der Waals surface area contributed by atoms with Crippen LogP contribution in [0.2, 0.25) is 0 Å². The van der Waals surface area contributed by atoms with Crippen LogP contribution < -0.4 is 5.32 Å². The van der Waals surface area contributed by atoms with Crippen LogP contribution in [-0.4, -0.2) is 23.0 Å². The summed E-state index contributed by atoms with van der Waals surface area (Å²) in [6.07, 6.45) is 0.481. The molecule has 0 aliphatic rings. The van der Waals surface area contributed by atoms with Gasteiger partial charge in [0.25, 0.3) is 0 Å². The standard InChI is InChI=1S/C10H21NO2S/c1-6-8(7(2)14)11-9(12)13-10(3,4)5/h7-8,14H,6H2,1-5H3,(H,11,12). The topological polar surface area (TPSA) is 38.3 Å². The SMILES string of the molecule is CCC(NC(=O)OC(C)(C)C)C(C)S. The van der Waals surface area contributed by atoms with E-state index in [0.29, 0.717) is 0 Å². The number of ether oxygens (including phenoxy) is 1. The molecule has 0 bridgehead atoms. The van der Waals surface area contributed by atoms with E-state index in [4.69, 9.17) is 4.74 Å². The van der Waals surface area contributed by atoms with Crippen molar-refractivity contribution >= 4 is 18.7 Å². The fourth-order valence-electron chi connectivity index (χ4n) is 1.02. The minimum atomic E-state index is -0.442. The largest absolute Gasteiger partial charge is 0.444 e. The third-order valence-corrected chi connectivity index (χ3v) is 2.08. The lowest BCUT2D eigenvalue weighted by atomic mass is 10.1. The Morgan fingerprint density at radius 3 is 2.29 bits per heavy atom. The van der Waals surface area contributed by atoms with Crippen molar-refractivity contribution in [2.75, 3.05) is 0 Å². The minimum Gasteiger partial charge on any atom is -0.444 e. The number of rotatable bonds is 3. The molecule has 2 atom stereocenters. The van der Waals surface area contributed by atoms with Gasteiger partial charge in [-0.05, 0) is 27.2 Å². The fourth-order valence-corrected chi connectivity index (χ4v) is 1.31. The summed E-state index contributed by atoms with van der Waals surface area (Å²) >= 11 is 4.29. The quantitative estimate of drug-likeness (QED) is 0.716. The number of hydrogen-bond donors (Lipinski definition) is 2. The average molecular weight is 219 g/mol. The molecule has 0 aromatic carbocycles. The summed E-state index contributed by atoms with van der Waals surface area (Å²) < 4.78 is 5.14. The Morgan fingerprint density at radius 1 is 1.50 bits per heavy atom. The molecule has 0 aliphatic heterocycles. The smallest absolute Gasteiger partial charge is 0.407 e. The van der Waals surface area contributed by atoms with Crippen LogP contribution in [0.15, 0.2) is 0 Å². The van der Waals surface area contributed by atoms with Gasteiger partial charge in [-0.3, -0.25) is 0 Å². The van der Waals surface area contributed by atoms with Gasteiger partial charge in [0.05, 0.1) is 0 Å². The van der Waals surface area contributed by atoms with E-state index >= 15 is 0 Å². The first kappa shape index (κ1) is 13.6. The molecule has 0 radical (unpaired) electrons. The van der Waals surface area contributed by atoms with Gasteiger partial charge < -0.3 is 10.1 Å². The molecule has 0 fully saturated rings. The van der Waals surface area contributed by atoms with E-state index in [9.17, 15) is 4.79 Å². The Balaban J connectivity index is 4.04. The maximum Gasteiger partial charge on any atom is 0.407 e. The lowest BCUT2D eigenvalue weighted by molar-refractivity contribution is 0.0503. The van der Waals surface area contributed by atoms with Gasteiger partial charge in [-0.15, -0.1) is 0 Å². The van der Waals surface area contributed by atoms with Gasteiger partial charge in [-0.25, -0.2) is 4.79 Å². The number of thiol groups is 1. The number of carbonyl (C=O) groups is 1. The third kappa shape index (κ3) is 6.13. The predicted octanol–water partition coefficient (Wildman–Crippen LogP) is 2.61. The van der Waals surface area contributed by atoms with Gasteiger partial charge in [0.2, 0.25) is 0 Å². The first-order chi connectivity index (χ1) is 6.26. The molecule has 0 saturated carbocycles. The molecule has 14 heavy (non-hydrogen) atoms. The second kappa shape index (κ2) is 5.49. The molecule has 0 spiro atoms. The molecule has 4 heteroatoms. The van der Waals surface area contributed by atoms with Gasteiger partial charge in [0, 0.05) is 11.3 Å². The van der Waals surface area contributed by atoms with Crippen molar-refractivity contribution in [3.05, 3.63) is 0 Å². The monoisotopic (exact) mass is 219 g/mol. The normalized spacial score (nSPS) is 15.9. The van der Waals surface area contributed by atoms with E-state index in [1.54, 1.807) is 0 Å². The molecule has 0 aliphatic carbocycles. The first-order valence-corrected chi connectivity index (χ1v) is 5.45. The van der Waals surface area contributed by atoms with Crippen LogP contribution in [0.5, 0.6) is 0 Å². The highest BCUT2D eigenvalue weighted by Gasteiger charge is 2.20. The summed E-state index contributed by atoms with van der Waals surface area (Å²) in [6, 6.07) is 0.0631. The molecular weight excluding hydrogens is 198 g/mol. The van der Waals surface area contributed by atoms with Gasteiger partial charge in [-0.1, -0.05) is 13.8 Å². The van der Waals surface area contributed by atoms with E-state index in [-0.39, 0.29) is 17.4 Å². The van der Waals surface area contributed by atoms with Crippen molar-refractivity contribution in [2.45, 2.75) is 57.9 Å². The summed E-state index contributed by atoms with van der Waals surface area (Å²) in [7, 11) is 0. The highest BCUT2D eigenvalue weighted by molar-refractivity contribution is 7.81. The Kier molecular flexibility index (Phi) is 5.34. The molecule has 0 saturated heterocycles. The van der Waals surface area contributed by atoms with E-state index in [1.165, 1.54) is 0 Å². The maximum atomic E-state index is 11.4. The Bertz CT molecular complexity index is 187. The molecule has 3 nitrogen and oxygen atoms in total. The molecule has 2 unspecified atom stereocenters. The van der Waals surface area contributed by atoms with Crippen molar-refractivity contribution in [3.8, 4) is 0 Å². The summed E-state index contributed by atoms with van der Waals surface area (Å²) in [5, 5.41) is 2.92. The van der Waals surface area contributed by atoms with Crippen molar-refractivity contribution in [3.63, 3.8) is 0 Å². The Hall–Kier alpha value is -0.380. The fraction of sp³-hybridized carbons (Fsp3) is 0.900. The summed E-state index contributed by atoms with van der Waals surface area (Å²) in [5.41, 5.74) is -0.442. The molecule has 0 heterocycles. The Labute approximate surface area is 92.0 Å². The lowest BCUT2D eigenvalue weighted by Gasteiger charge is -2.24. The van der Waals surface area contributed by atoms with Crippen LogP contribution >= 0.6 is 12.6 Å². The van der Waals surface area contributed by atoms with E-state index in [2.05, 4.69) is 17.9 Å². The van der Waals surface area contributed by atoms with Crippen molar-refractivity contribution in [2.24, 2.45) is 0 Å². The molecule has 1 N–H and O–H groups in total. The van der Waals surface area contributed by atoms with Gasteiger partial charge >= 0.3 is 6.09 Å². The van der Waals surface area contributed by atoms with Crippen LogP contribution in [0.4, 0.5) is 4.79 Å². The highest BCUT2D eigenvalue weighted by atomic mass is 32.1. The van der Waals surface area contributed by atoms with Crippen molar-refractivity contribution in [1.29, 1.82) is 0 Å². The Morgan fingerprint density at radius 2 is 2.00 bits per heavy atom. The van der Waals surface area contributed by atoms with Crippen LogP contribution in [0.3, 0.4) is 0 Å². The van der Waals surface area contributed by atoms with Crippen LogP contribution in [0.25, 0.3) is 0 Å². The molecule has 1 amide bonds. The molecule has 0 rings (SSSR count). The maximum absolute atomic E-state index is 11.4. The zero-order valence-corrected chi connectivity index (χ0v) is 10.5. The summed E-state index contributed by atoms with van der Waals surface area (Å²) in [6.45, 7) is 9.50. The average Bonchev–Trinajstić information content (AvgIpc) is 1.96. The number of alkyl carbamates (subject to hydrolysis) is 1. The van der Waals surface area contributed by atoms with Gasteiger partial charge in [-0.2, -0.15) is 12.6 Å². The minimum absolute atomic E-state index is 0.0631. The highest BCUT2D eigenvalue weighted by Crippen LogP contribution is 2.09. The van der Waals surface area contributed by atoms with Gasteiger partial charge in [0.1, 0.15) is 5.60 Å². The number of nitrogens with one attached hydrogen (secondary N) is 1. The number of hydrogen-bond acceptors (Lipinski definition) is 3. The number of carbonyl (C=O) groups excluding carboxylic acids is 1. The van der Waals surface area contributed by atoms with Crippen LogP contribution in [0.1, 0.15) is 41.0 Å². The zero-order chi connectivity index (χ0) is 11.4. The van der Waals surface area contributed by atoms with Crippen molar-refractivity contribution < 1.29 is 9.53 Å². The molecule has 0 aromatic heterocycles. The molecule has 84 valence electrons. The molecular formula is C10H21NO2S. The number of amides is 1. The summed E-state index contributed by atoms with van der Waals surface area (Å²) in [5.74, 6) is 0. The second-order valence-corrected chi connectivity index (χ2v) is 5.22. The van der Waals surface area contributed by atoms with Gasteiger partial charge in [0.15, 0.2) is 0 Å². The zero-order valence-electron chi connectivity index (χ0n) is 9.63. The van der Waals surface area contributed by atoms with Crippen molar-refractivity contribution in [1.82, 2.24) is 5.32 Å². The van der Waals surface area contributed by atoms with E-state index < -0.39 is 5.60 Å². The molecule has 0 aromatic rings. The first-order valence-electron chi connectivity index (χ1n) is 4.94. The summed E-state index contributed by atoms with van der Waals surface area (Å²) in [4.78, 5) is 11.4. The van der Waals surface area contributed by atoms with Crippen LogP contribution in [-0.2, 0) is 4.74 Å². The predicted molar refractivity (Wildman–Crippen MR) is 61.9 cm³/mol. The van der Waals surface area contributed by atoms with Crippen LogP contribution in [0, 0.1) is 0 Å². The van der Waals surface area contributed by atoms with E-state index in [0.717, 1.165) is 6.42 Å². The van der Waals surface area contributed by atoms with E-state index in [1.807, 2.05) is 34.6 Å². The second-order valence-electron chi connectivity index (χ2n) is 4.40. The third-order valence-electron chi connectivity index (χ3n) is 1.72. The lowest BCUT2D eigenvalue weighted by Crippen LogP contribution is -2.42.